The van der Waals surface area contributed by atoms with E-state index in [0.717, 1.165) is 37.0 Å². The number of carbonyl (C=O) groups is 1. The van der Waals surface area contributed by atoms with Gasteiger partial charge in [-0.05, 0) is 51.0 Å². The van der Waals surface area contributed by atoms with Crippen LogP contribution < -0.4 is 5.32 Å². The van der Waals surface area contributed by atoms with Gasteiger partial charge in [-0.25, -0.2) is 4.79 Å². The molecule has 0 aliphatic carbocycles. The third-order valence-corrected chi connectivity index (χ3v) is 5.29. The molecule has 2 aromatic heterocycles. The Morgan fingerprint density at radius 3 is 2.93 bits per heavy atom. The second-order valence-corrected chi connectivity index (χ2v) is 7.19. The van der Waals surface area contributed by atoms with Crippen molar-refractivity contribution in [3.05, 3.63) is 41.7 Å². The molecular weight excluding hydrogens is 342 g/mol. The predicted octanol–water partition coefficient (Wildman–Crippen LogP) is 4.07. The summed E-state index contributed by atoms with van der Waals surface area (Å²) >= 11 is 0. The van der Waals surface area contributed by atoms with Crippen LogP contribution in [-0.2, 0) is 6.54 Å². The monoisotopic (exact) mass is 367 g/mol. The van der Waals surface area contributed by atoms with Crippen LogP contribution in [0.2, 0.25) is 0 Å². The molecule has 1 saturated heterocycles. The molecule has 0 bridgehead atoms. The molecule has 0 saturated carbocycles. The van der Waals surface area contributed by atoms with Crippen LogP contribution in [-0.4, -0.2) is 38.7 Å². The lowest BCUT2D eigenvalue weighted by atomic mass is 9.98. The first-order valence-electron chi connectivity index (χ1n) is 9.51. The summed E-state index contributed by atoms with van der Waals surface area (Å²) in [6, 6.07) is 8.16. The Labute approximate surface area is 158 Å². The van der Waals surface area contributed by atoms with Crippen LogP contribution in [0.4, 0.5) is 10.5 Å². The standard InChI is InChI=1S/C20H25N5O2/c1-4-25-13(2)10-16-11-17(7-8-18(16)25)22-20(26)24-9-5-6-15(12-24)19-21-14(3)27-23-19/h7-8,10-11,15H,4-6,9,12H2,1-3H3,(H,22,26). The number of rotatable bonds is 3. The average molecular weight is 367 g/mol. The SMILES string of the molecule is CCn1c(C)cc2cc(NC(=O)N3CCCC(c4noc(C)n4)C3)ccc21. The zero-order valence-corrected chi connectivity index (χ0v) is 16.0. The number of hydrogen-bond donors (Lipinski definition) is 1. The van der Waals surface area contributed by atoms with Crippen molar-refractivity contribution in [1.29, 1.82) is 0 Å². The molecule has 1 unspecified atom stereocenters. The van der Waals surface area contributed by atoms with Gasteiger partial charge in [-0.3, -0.25) is 0 Å². The van der Waals surface area contributed by atoms with E-state index in [-0.39, 0.29) is 11.9 Å². The largest absolute Gasteiger partial charge is 0.345 e. The van der Waals surface area contributed by atoms with Gasteiger partial charge in [0.1, 0.15) is 0 Å². The number of nitrogens with one attached hydrogen (secondary N) is 1. The van der Waals surface area contributed by atoms with Crippen molar-refractivity contribution >= 4 is 22.6 Å². The molecule has 142 valence electrons. The Bertz CT molecular complexity index is 974. The number of benzene rings is 1. The average Bonchev–Trinajstić information content (AvgIpc) is 3.23. The van der Waals surface area contributed by atoms with Crippen LogP contribution in [0.1, 0.15) is 43.1 Å². The maximum atomic E-state index is 12.8. The predicted molar refractivity (Wildman–Crippen MR) is 104 cm³/mol. The third kappa shape index (κ3) is 3.41. The number of fused-ring (bicyclic) bond motifs is 1. The summed E-state index contributed by atoms with van der Waals surface area (Å²) in [5.74, 6) is 1.39. The highest BCUT2D eigenvalue weighted by Crippen LogP contribution is 2.26. The minimum absolute atomic E-state index is 0.0779. The van der Waals surface area contributed by atoms with E-state index in [9.17, 15) is 4.79 Å². The number of likely N-dealkylation sites (tertiary alicyclic amines) is 1. The number of carbonyl (C=O) groups excluding carboxylic acids is 1. The first kappa shape index (κ1) is 17.6. The van der Waals surface area contributed by atoms with Gasteiger partial charge in [0.05, 0.1) is 0 Å². The Morgan fingerprint density at radius 1 is 1.33 bits per heavy atom. The second kappa shape index (κ2) is 7.06. The van der Waals surface area contributed by atoms with Crippen LogP contribution in [0.5, 0.6) is 0 Å². The molecule has 1 aliphatic heterocycles. The fraction of sp³-hybridized carbons (Fsp3) is 0.450. The molecule has 7 heteroatoms. The van der Waals surface area contributed by atoms with Gasteiger partial charge in [-0.15, -0.1) is 0 Å². The molecule has 1 fully saturated rings. The van der Waals surface area contributed by atoms with E-state index in [1.165, 1.54) is 11.2 Å². The van der Waals surface area contributed by atoms with Crippen molar-refractivity contribution in [2.45, 2.75) is 46.1 Å². The van der Waals surface area contributed by atoms with Crippen LogP contribution in [0.3, 0.4) is 0 Å². The molecule has 1 atom stereocenters. The first-order valence-corrected chi connectivity index (χ1v) is 9.51. The van der Waals surface area contributed by atoms with Gasteiger partial charge in [-0.1, -0.05) is 5.16 Å². The summed E-state index contributed by atoms with van der Waals surface area (Å²) in [7, 11) is 0. The van der Waals surface area contributed by atoms with E-state index in [0.29, 0.717) is 18.3 Å². The van der Waals surface area contributed by atoms with Crippen LogP contribution >= 0.6 is 0 Å². The minimum Gasteiger partial charge on any atom is -0.345 e. The summed E-state index contributed by atoms with van der Waals surface area (Å²) in [5.41, 5.74) is 3.24. The van der Waals surface area contributed by atoms with Gasteiger partial charge in [0.25, 0.3) is 0 Å². The Kier molecular flexibility index (Phi) is 4.59. The number of amides is 2. The lowest BCUT2D eigenvalue weighted by molar-refractivity contribution is 0.190. The number of anilines is 1. The fourth-order valence-corrected chi connectivity index (χ4v) is 3.96. The number of hydrogen-bond acceptors (Lipinski definition) is 4. The molecule has 0 spiro atoms. The smallest absolute Gasteiger partial charge is 0.321 e. The van der Waals surface area contributed by atoms with E-state index in [1.54, 1.807) is 6.92 Å². The molecule has 27 heavy (non-hydrogen) atoms. The molecular formula is C20H25N5O2. The van der Waals surface area contributed by atoms with Gasteiger partial charge < -0.3 is 19.3 Å². The van der Waals surface area contributed by atoms with E-state index in [1.807, 2.05) is 17.0 Å². The summed E-state index contributed by atoms with van der Waals surface area (Å²) in [6.45, 7) is 8.32. The van der Waals surface area contributed by atoms with E-state index < -0.39 is 0 Å². The van der Waals surface area contributed by atoms with Crippen LogP contribution in [0.15, 0.2) is 28.8 Å². The van der Waals surface area contributed by atoms with Crippen molar-refractivity contribution < 1.29 is 9.32 Å². The summed E-state index contributed by atoms with van der Waals surface area (Å²) in [5, 5.41) is 8.21. The maximum absolute atomic E-state index is 12.8. The highest BCUT2D eigenvalue weighted by molar-refractivity contribution is 5.93. The molecule has 2 amide bonds. The van der Waals surface area contributed by atoms with E-state index in [4.69, 9.17) is 4.52 Å². The lowest BCUT2D eigenvalue weighted by Crippen LogP contribution is -2.41. The van der Waals surface area contributed by atoms with Crippen LogP contribution in [0.25, 0.3) is 10.9 Å². The number of piperidine rings is 1. The van der Waals surface area contributed by atoms with Gasteiger partial charge in [0.15, 0.2) is 5.82 Å². The van der Waals surface area contributed by atoms with Gasteiger partial charge in [-0.2, -0.15) is 4.98 Å². The Hall–Kier alpha value is -2.83. The number of aryl methyl sites for hydroxylation is 3. The van der Waals surface area contributed by atoms with Crippen molar-refractivity contribution in [1.82, 2.24) is 19.6 Å². The number of urea groups is 1. The third-order valence-electron chi connectivity index (χ3n) is 5.29. The molecule has 0 radical (unpaired) electrons. The topological polar surface area (TPSA) is 76.2 Å². The summed E-state index contributed by atoms with van der Waals surface area (Å²) in [6.07, 6.45) is 1.90. The Morgan fingerprint density at radius 2 is 2.19 bits per heavy atom. The molecule has 3 aromatic rings. The first-order chi connectivity index (χ1) is 13.0. The van der Waals surface area contributed by atoms with Crippen molar-refractivity contribution in [2.75, 3.05) is 18.4 Å². The molecule has 1 N–H and O–H groups in total. The number of aromatic nitrogens is 3. The molecule has 1 aromatic carbocycles. The molecule has 7 nitrogen and oxygen atoms in total. The van der Waals surface area contributed by atoms with Crippen molar-refractivity contribution in [3.8, 4) is 0 Å². The highest BCUT2D eigenvalue weighted by atomic mass is 16.5. The fourth-order valence-electron chi connectivity index (χ4n) is 3.96. The van der Waals surface area contributed by atoms with Gasteiger partial charge in [0.2, 0.25) is 5.89 Å². The van der Waals surface area contributed by atoms with E-state index in [2.05, 4.69) is 46.0 Å². The summed E-state index contributed by atoms with van der Waals surface area (Å²) in [4.78, 5) is 18.9. The van der Waals surface area contributed by atoms with Gasteiger partial charge in [0, 0.05) is 54.8 Å². The van der Waals surface area contributed by atoms with Crippen LogP contribution in [0, 0.1) is 13.8 Å². The quantitative estimate of drug-likeness (QED) is 0.757. The molecule has 1 aliphatic rings. The van der Waals surface area contributed by atoms with E-state index >= 15 is 0 Å². The Balaban J connectivity index is 1.47. The zero-order valence-electron chi connectivity index (χ0n) is 16.0. The number of nitrogens with zero attached hydrogens (tertiary/aromatic N) is 4. The molecule has 3 heterocycles. The maximum Gasteiger partial charge on any atom is 0.321 e. The highest BCUT2D eigenvalue weighted by Gasteiger charge is 2.27. The lowest BCUT2D eigenvalue weighted by Gasteiger charge is -2.31. The second-order valence-electron chi connectivity index (χ2n) is 7.19. The normalized spacial score (nSPS) is 17.4. The van der Waals surface area contributed by atoms with Gasteiger partial charge >= 0.3 is 6.03 Å². The van der Waals surface area contributed by atoms with Crippen molar-refractivity contribution in [2.24, 2.45) is 0 Å². The zero-order chi connectivity index (χ0) is 19.0. The minimum atomic E-state index is -0.0779. The van der Waals surface area contributed by atoms with Crippen molar-refractivity contribution in [3.63, 3.8) is 0 Å². The molecule has 4 rings (SSSR count). The summed E-state index contributed by atoms with van der Waals surface area (Å²) < 4.78 is 7.36.